The molecule has 1 amide bonds. The van der Waals surface area contributed by atoms with E-state index in [4.69, 9.17) is 5.26 Å². The van der Waals surface area contributed by atoms with Gasteiger partial charge >= 0.3 is 5.97 Å². The molecule has 1 aromatic heterocycles. The van der Waals surface area contributed by atoms with Gasteiger partial charge in [0.25, 0.3) is 0 Å². The zero-order chi connectivity index (χ0) is 27.2. The topological polar surface area (TPSA) is 115 Å². The molecule has 3 rings (SSSR count). The molecule has 7 nitrogen and oxygen atoms in total. The highest BCUT2D eigenvalue weighted by molar-refractivity contribution is 5.86. The number of nitrogens with zero attached hydrogens (tertiary/aromatic N) is 2. The Hall–Kier alpha value is -3.89. The molecule has 3 atom stereocenters. The van der Waals surface area contributed by atoms with Gasteiger partial charge in [0.05, 0.1) is 30.2 Å². The van der Waals surface area contributed by atoms with Crippen LogP contribution in [0, 0.1) is 22.7 Å². The lowest BCUT2D eigenvalue weighted by Gasteiger charge is -2.33. The highest BCUT2D eigenvalue weighted by atomic mass is 16.4. The van der Waals surface area contributed by atoms with E-state index in [1.165, 1.54) is 0 Å². The molecule has 0 aliphatic heterocycles. The first-order valence-corrected chi connectivity index (χ1v) is 12.5. The third-order valence-electron chi connectivity index (χ3n) is 6.71. The Morgan fingerprint density at radius 2 is 1.51 bits per heavy atom. The summed E-state index contributed by atoms with van der Waals surface area (Å²) in [6.07, 6.45) is 4.51. The van der Waals surface area contributed by atoms with E-state index in [1.54, 1.807) is 29.1 Å². The van der Waals surface area contributed by atoms with Crippen molar-refractivity contribution in [2.45, 2.75) is 52.6 Å². The molecule has 3 N–H and O–H groups in total. The number of hydrogen-bond donors (Lipinski definition) is 3. The molecule has 0 aliphatic carbocycles. The molecule has 194 valence electrons. The Kier molecular flexibility index (Phi) is 8.90. The van der Waals surface area contributed by atoms with Crippen LogP contribution in [0.3, 0.4) is 0 Å². The molecule has 0 spiro atoms. The quantitative estimate of drug-likeness (QED) is 0.351. The van der Waals surface area contributed by atoms with Gasteiger partial charge in [-0.2, -0.15) is 5.26 Å². The number of carboxylic acids is 1. The van der Waals surface area contributed by atoms with E-state index in [1.807, 2.05) is 70.2 Å². The Morgan fingerprint density at radius 3 is 1.97 bits per heavy atom. The number of amides is 1. The van der Waals surface area contributed by atoms with E-state index in [9.17, 15) is 19.8 Å². The normalized spacial score (nSPS) is 13.8. The van der Waals surface area contributed by atoms with Crippen molar-refractivity contribution in [3.05, 3.63) is 72.6 Å². The van der Waals surface area contributed by atoms with E-state index in [0.29, 0.717) is 18.4 Å². The Morgan fingerprint density at radius 1 is 0.973 bits per heavy atom. The fraction of sp³-hybridized carbons (Fsp3) is 0.367. The average Bonchev–Trinajstić information content (AvgIpc) is 3.36. The smallest absolute Gasteiger partial charge is 0.309 e. The van der Waals surface area contributed by atoms with Crippen LogP contribution in [0.25, 0.3) is 22.3 Å². The molecule has 3 aromatic rings. The second-order valence-corrected chi connectivity index (χ2v) is 10.4. The summed E-state index contributed by atoms with van der Waals surface area (Å²) in [4.78, 5) is 25.6. The molecule has 2 aromatic carbocycles. The highest BCUT2D eigenvalue weighted by Crippen LogP contribution is 2.30. The fourth-order valence-corrected chi connectivity index (χ4v) is 4.40. The first kappa shape index (κ1) is 27.7. The van der Waals surface area contributed by atoms with Crippen LogP contribution in [0.4, 0.5) is 0 Å². The van der Waals surface area contributed by atoms with E-state index in [-0.39, 0.29) is 6.61 Å². The number of nitrogens with one attached hydrogen (secondary N) is 1. The van der Waals surface area contributed by atoms with Crippen LogP contribution in [0.2, 0.25) is 0 Å². The zero-order valence-corrected chi connectivity index (χ0v) is 21.8. The number of hydrogen-bond acceptors (Lipinski definition) is 4. The van der Waals surface area contributed by atoms with Crippen LogP contribution in [0.1, 0.15) is 52.1 Å². The maximum atomic E-state index is 13.4. The summed E-state index contributed by atoms with van der Waals surface area (Å²) in [5.74, 6) is -2.36. The molecule has 0 bridgehead atoms. The monoisotopic (exact) mass is 501 g/mol. The standard InChI is InChI=1S/C30H35N3O4/c1-5-6-25(29(36)37)27(28(35)32-26(19-34)30(2,3)4)33-16-15-24(18-33)23-13-11-22(12-14-23)21-9-7-20(17-31)8-10-21/h7-16,18,25-27,34H,5-6,19H2,1-4H3,(H,32,35)(H,36,37)/t25-,26+,27?/m0/s1. The summed E-state index contributed by atoms with van der Waals surface area (Å²) in [7, 11) is 0. The van der Waals surface area contributed by atoms with E-state index < -0.39 is 35.3 Å². The first-order chi connectivity index (χ1) is 17.6. The van der Waals surface area contributed by atoms with Gasteiger partial charge in [0.2, 0.25) is 5.91 Å². The number of carboxylic acid groups (broad SMARTS) is 1. The van der Waals surface area contributed by atoms with Gasteiger partial charge in [-0.25, -0.2) is 0 Å². The lowest BCUT2D eigenvalue weighted by molar-refractivity contribution is -0.147. The predicted molar refractivity (Wildman–Crippen MR) is 144 cm³/mol. The summed E-state index contributed by atoms with van der Waals surface area (Å²) in [6.45, 7) is 7.40. The van der Waals surface area contributed by atoms with Crippen LogP contribution >= 0.6 is 0 Å². The number of benzene rings is 2. The minimum Gasteiger partial charge on any atom is -0.481 e. The number of carbonyl (C=O) groups is 2. The van der Waals surface area contributed by atoms with Crippen molar-refractivity contribution in [2.75, 3.05) is 6.61 Å². The van der Waals surface area contributed by atoms with Gasteiger partial charge in [-0.3, -0.25) is 9.59 Å². The van der Waals surface area contributed by atoms with Gasteiger partial charge in [0.15, 0.2) is 0 Å². The molecule has 0 saturated carbocycles. The van der Waals surface area contributed by atoms with Crippen molar-refractivity contribution in [2.24, 2.45) is 11.3 Å². The molecule has 0 aliphatic rings. The lowest BCUT2D eigenvalue weighted by Crippen LogP contribution is -2.50. The molecule has 0 radical (unpaired) electrons. The molecule has 1 heterocycles. The first-order valence-electron chi connectivity index (χ1n) is 12.5. The maximum absolute atomic E-state index is 13.4. The van der Waals surface area contributed by atoms with Crippen molar-refractivity contribution in [3.63, 3.8) is 0 Å². The number of aromatic nitrogens is 1. The largest absolute Gasteiger partial charge is 0.481 e. The Bertz CT molecular complexity index is 1250. The number of rotatable bonds is 10. The van der Waals surface area contributed by atoms with Gasteiger partial charge in [0, 0.05) is 12.4 Å². The molecule has 7 heteroatoms. The highest BCUT2D eigenvalue weighted by Gasteiger charge is 2.37. The maximum Gasteiger partial charge on any atom is 0.309 e. The summed E-state index contributed by atoms with van der Waals surface area (Å²) in [5, 5.41) is 31.7. The number of carbonyl (C=O) groups excluding carboxylic acids is 1. The van der Waals surface area contributed by atoms with Crippen LogP contribution in [-0.2, 0) is 9.59 Å². The van der Waals surface area contributed by atoms with Crippen LogP contribution in [-0.4, -0.2) is 39.3 Å². The molecule has 1 unspecified atom stereocenters. The van der Waals surface area contributed by atoms with Gasteiger partial charge in [-0.1, -0.05) is 70.5 Å². The SMILES string of the molecule is CCC[C@H](C(=O)O)C(C(=O)N[C@H](CO)C(C)(C)C)n1ccc(-c2ccc(-c3ccc(C#N)cc3)cc2)c1. The summed E-state index contributed by atoms with van der Waals surface area (Å²) < 4.78 is 1.67. The van der Waals surface area contributed by atoms with Crippen molar-refractivity contribution < 1.29 is 19.8 Å². The third-order valence-corrected chi connectivity index (χ3v) is 6.71. The average molecular weight is 502 g/mol. The zero-order valence-electron chi connectivity index (χ0n) is 21.8. The van der Waals surface area contributed by atoms with Crippen LogP contribution < -0.4 is 5.32 Å². The van der Waals surface area contributed by atoms with Gasteiger partial charge < -0.3 is 20.1 Å². The third kappa shape index (κ3) is 6.66. The number of nitriles is 1. The Balaban J connectivity index is 1.91. The number of aliphatic carboxylic acids is 1. The molecule has 37 heavy (non-hydrogen) atoms. The van der Waals surface area contributed by atoms with Crippen LogP contribution in [0.5, 0.6) is 0 Å². The summed E-state index contributed by atoms with van der Waals surface area (Å²) in [5.41, 5.74) is 4.02. The Labute approximate surface area is 218 Å². The van der Waals surface area contributed by atoms with Crippen LogP contribution in [0.15, 0.2) is 67.0 Å². The molecule has 0 saturated heterocycles. The number of aliphatic hydroxyl groups is 1. The van der Waals surface area contributed by atoms with E-state index in [0.717, 1.165) is 22.3 Å². The van der Waals surface area contributed by atoms with Gasteiger partial charge in [0.1, 0.15) is 6.04 Å². The van der Waals surface area contributed by atoms with Crippen molar-refractivity contribution in [3.8, 4) is 28.3 Å². The molecular formula is C30H35N3O4. The van der Waals surface area contributed by atoms with Gasteiger partial charge in [-0.05, 0) is 52.3 Å². The van der Waals surface area contributed by atoms with Crippen molar-refractivity contribution >= 4 is 11.9 Å². The van der Waals surface area contributed by atoms with Crippen molar-refractivity contribution in [1.29, 1.82) is 5.26 Å². The predicted octanol–water partition coefficient (Wildman–Crippen LogP) is 5.26. The van der Waals surface area contributed by atoms with Gasteiger partial charge in [-0.15, -0.1) is 0 Å². The lowest BCUT2D eigenvalue weighted by atomic mass is 9.86. The second-order valence-electron chi connectivity index (χ2n) is 10.4. The molecule has 0 fully saturated rings. The fourth-order valence-electron chi connectivity index (χ4n) is 4.40. The van der Waals surface area contributed by atoms with Crippen molar-refractivity contribution in [1.82, 2.24) is 9.88 Å². The summed E-state index contributed by atoms with van der Waals surface area (Å²) >= 11 is 0. The summed E-state index contributed by atoms with van der Waals surface area (Å²) in [6, 6.07) is 17.8. The van der Waals surface area contributed by atoms with E-state index >= 15 is 0 Å². The number of aliphatic hydroxyl groups excluding tert-OH is 1. The minimum absolute atomic E-state index is 0.240. The minimum atomic E-state index is -1.03. The van der Waals surface area contributed by atoms with E-state index in [2.05, 4.69) is 11.4 Å². The molecular weight excluding hydrogens is 466 g/mol. The second kappa shape index (κ2) is 11.9.